The van der Waals surface area contributed by atoms with Crippen molar-refractivity contribution in [3.05, 3.63) is 0 Å². The summed E-state index contributed by atoms with van der Waals surface area (Å²) >= 11 is 0. The molecular formula is C17H34. The van der Waals surface area contributed by atoms with Gasteiger partial charge < -0.3 is 0 Å². The van der Waals surface area contributed by atoms with Gasteiger partial charge in [-0.25, -0.2) is 0 Å². The molecule has 0 N–H and O–H groups in total. The Labute approximate surface area is 110 Å². The van der Waals surface area contributed by atoms with Gasteiger partial charge in [-0.3, -0.25) is 0 Å². The zero-order valence-corrected chi connectivity index (χ0v) is 12.8. The Balaban J connectivity index is 2.40. The quantitative estimate of drug-likeness (QED) is 0.461. The Morgan fingerprint density at radius 1 is 0.412 bits per heavy atom. The summed E-state index contributed by atoms with van der Waals surface area (Å²) < 4.78 is 0. The molecule has 0 atom stereocenters. The molecule has 0 aromatic rings. The molecule has 0 saturated heterocycles. The minimum absolute atomic E-state index is 0.601. The van der Waals surface area contributed by atoms with Gasteiger partial charge in [0.05, 0.1) is 0 Å². The van der Waals surface area contributed by atoms with Crippen molar-refractivity contribution in [3.63, 3.8) is 0 Å². The molecule has 0 radical (unpaired) electrons. The number of rotatable bonds is 0. The van der Waals surface area contributed by atoms with E-state index in [1.54, 1.807) is 0 Å². The molecule has 0 spiro atoms. The fourth-order valence-corrected chi connectivity index (χ4v) is 3.19. The molecular weight excluding hydrogens is 204 g/mol. The monoisotopic (exact) mass is 238 g/mol. The Morgan fingerprint density at radius 2 is 0.647 bits per heavy atom. The number of hydrogen-bond donors (Lipinski definition) is 0. The molecule has 17 heavy (non-hydrogen) atoms. The third-order valence-corrected chi connectivity index (χ3v) is 4.66. The minimum atomic E-state index is 0.601. The van der Waals surface area contributed by atoms with E-state index in [1.165, 1.54) is 70.6 Å². The maximum Gasteiger partial charge on any atom is -0.0354 e. The van der Waals surface area contributed by atoms with Gasteiger partial charge >= 0.3 is 0 Å². The predicted molar refractivity (Wildman–Crippen MR) is 78.3 cm³/mol. The Hall–Kier alpha value is 0. The van der Waals surface area contributed by atoms with Gasteiger partial charge in [0.15, 0.2) is 0 Å². The molecule has 1 aliphatic rings. The molecule has 0 nitrogen and oxygen atoms in total. The summed E-state index contributed by atoms with van der Waals surface area (Å²) in [5.74, 6) is 0. The first-order chi connectivity index (χ1) is 7.91. The standard InChI is InChI=1S/C17H34/c1-16(2)12-8-5-6-9-13-17(3,4)15-11-7-10-14-16/h5-15H2,1-4H3. The predicted octanol–water partition coefficient (Wildman–Crippen LogP) is 6.34. The van der Waals surface area contributed by atoms with Crippen LogP contribution in [0.15, 0.2) is 0 Å². The lowest BCUT2D eigenvalue weighted by Gasteiger charge is -2.25. The molecule has 0 amide bonds. The van der Waals surface area contributed by atoms with Crippen molar-refractivity contribution < 1.29 is 0 Å². The van der Waals surface area contributed by atoms with Crippen LogP contribution in [0.5, 0.6) is 0 Å². The smallest absolute Gasteiger partial charge is 0.0354 e. The second-order valence-corrected chi connectivity index (χ2v) is 7.80. The van der Waals surface area contributed by atoms with Crippen LogP contribution in [-0.2, 0) is 0 Å². The van der Waals surface area contributed by atoms with E-state index < -0.39 is 0 Å². The minimum Gasteiger partial charge on any atom is -0.0599 e. The van der Waals surface area contributed by atoms with Crippen molar-refractivity contribution in [1.29, 1.82) is 0 Å². The third-order valence-electron chi connectivity index (χ3n) is 4.66. The van der Waals surface area contributed by atoms with Gasteiger partial charge in [-0.15, -0.1) is 0 Å². The van der Waals surface area contributed by atoms with Crippen LogP contribution in [0, 0.1) is 10.8 Å². The van der Waals surface area contributed by atoms with Gasteiger partial charge in [-0.2, -0.15) is 0 Å². The van der Waals surface area contributed by atoms with E-state index in [9.17, 15) is 0 Å². The highest BCUT2D eigenvalue weighted by Crippen LogP contribution is 2.34. The first-order valence-electron chi connectivity index (χ1n) is 7.91. The van der Waals surface area contributed by atoms with Gasteiger partial charge in [0.2, 0.25) is 0 Å². The largest absolute Gasteiger partial charge is 0.0599 e. The summed E-state index contributed by atoms with van der Waals surface area (Å²) in [6, 6.07) is 0. The molecule has 0 heteroatoms. The second-order valence-electron chi connectivity index (χ2n) is 7.80. The zero-order valence-electron chi connectivity index (χ0n) is 12.8. The van der Waals surface area contributed by atoms with Gasteiger partial charge in [-0.1, -0.05) is 72.6 Å². The van der Waals surface area contributed by atoms with Crippen LogP contribution in [0.4, 0.5) is 0 Å². The lowest BCUT2D eigenvalue weighted by molar-refractivity contribution is 0.275. The van der Waals surface area contributed by atoms with Crippen molar-refractivity contribution in [2.24, 2.45) is 10.8 Å². The third kappa shape index (κ3) is 7.11. The highest BCUT2D eigenvalue weighted by Gasteiger charge is 2.20. The number of hydrogen-bond acceptors (Lipinski definition) is 0. The molecule has 0 aromatic heterocycles. The Morgan fingerprint density at radius 3 is 0.941 bits per heavy atom. The summed E-state index contributed by atoms with van der Waals surface area (Å²) in [6.07, 6.45) is 15.9. The van der Waals surface area contributed by atoms with E-state index >= 15 is 0 Å². The van der Waals surface area contributed by atoms with E-state index in [4.69, 9.17) is 0 Å². The molecule has 0 unspecified atom stereocenters. The highest BCUT2D eigenvalue weighted by molar-refractivity contribution is 4.72. The van der Waals surface area contributed by atoms with Crippen molar-refractivity contribution in [1.82, 2.24) is 0 Å². The normalized spacial score (nSPS) is 27.5. The van der Waals surface area contributed by atoms with E-state index in [0.717, 1.165) is 0 Å². The van der Waals surface area contributed by atoms with Crippen LogP contribution in [0.3, 0.4) is 0 Å². The van der Waals surface area contributed by atoms with Crippen molar-refractivity contribution in [3.8, 4) is 0 Å². The summed E-state index contributed by atoms with van der Waals surface area (Å²) in [5, 5.41) is 0. The van der Waals surface area contributed by atoms with Crippen LogP contribution < -0.4 is 0 Å². The van der Waals surface area contributed by atoms with Crippen LogP contribution in [0.25, 0.3) is 0 Å². The molecule has 1 fully saturated rings. The second kappa shape index (κ2) is 6.81. The first kappa shape index (κ1) is 15.1. The molecule has 102 valence electrons. The van der Waals surface area contributed by atoms with Crippen LogP contribution in [-0.4, -0.2) is 0 Å². The van der Waals surface area contributed by atoms with Gasteiger partial charge in [0.1, 0.15) is 0 Å². The van der Waals surface area contributed by atoms with E-state index in [2.05, 4.69) is 27.7 Å². The van der Waals surface area contributed by atoms with Crippen LogP contribution in [0.1, 0.15) is 98.3 Å². The van der Waals surface area contributed by atoms with Crippen molar-refractivity contribution in [2.75, 3.05) is 0 Å². The van der Waals surface area contributed by atoms with E-state index in [1.807, 2.05) is 0 Å². The van der Waals surface area contributed by atoms with Crippen molar-refractivity contribution >= 4 is 0 Å². The van der Waals surface area contributed by atoms with E-state index in [0.29, 0.717) is 10.8 Å². The fraction of sp³-hybridized carbons (Fsp3) is 1.00. The highest BCUT2D eigenvalue weighted by atomic mass is 14.3. The van der Waals surface area contributed by atoms with Crippen LogP contribution >= 0.6 is 0 Å². The SMILES string of the molecule is CC1(C)CCCCCCC(C)(C)CCCCC1. The molecule has 0 bridgehead atoms. The summed E-state index contributed by atoms with van der Waals surface area (Å²) in [6.45, 7) is 9.88. The average molecular weight is 238 g/mol. The van der Waals surface area contributed by atoms with Crippen LogP contribution in [0.2, 0.25) is 0 Å². The zero-order chi connectivity index (χ0) is 12.8. The summed E-state index contributed by atoms with van der Waals surface area (Å²) in [7, 11) is 0. The maximum atomic E-state index is 2.47. The summed E-state index contributed by atoms with van der Waals surface area (Å²) in [4.78, 5) is 0. The van der Waals surface area contributed by atoms with Gasteiger partial charge in [-0.05, 0) is 36.5 Å². The molecule has 1 rings (SSSR count). The molecule has 0 heterocycles. The molecule has 0 aromatic carbocycles. The lowest BCUT2D eigenvalue weighted by Crippen LogP contribution is -2.11. The molecule has 1 saturated carbocycles. The Kier molecular flexibility index (Phi) is 6.03. The van der Waals surface area contributed by atoms with Crippen molar-refractivity contribution in [2.45, 2.75) is 98.3 Å². The maximum absolute atomic E-state index is 2.47. The molecule has 0 aliphatic heterocycles. The Bertz CT molecular complexity index is 178. The average Bonchev–Trinajstić information content (AvgIpc) is 2.22. The van der Waals surface area contributed by atoms with E-state index in [-0.39, 0.29) is 0 Å². The van der Waals surface area contributed by atoms with Gasteiger partial charge in [0, 0.05) is 0 Å². The fourth-order valence-electron chi connectivity index (χ4n) is 3.19. The summed E-state index contributed by atoms with van der Waals surface area (Å²) in [5.41, 5.74) is 1.20. The lowest BCUT2D eigenvalue weighted by atomic mass is 9.81. The first-order valence-corrected chi connectivity index (χ1v) is 7.91. The topological polar surface area (TPSA) is 0 Å². The molecule has 1 aliphatic carbocycles. The van der Waals surface area contributed by atoms with Gasteiger partial charge in [0.25, 0.3) is 0 Å².